The maximum atomic E-state index is 9.56. The second-order valence-corrected chi connectivity index (χ2v) is 8.18. The highest BCUT2D eigenvalue weighted by molar-refractivity contribution is 6.32. The summed E-state index contributed by atoms with van der Waals surface area (Å²) < 4.78 is 0. The molecular weight excluding hydrogens is 470 g/mol. The molecule has 0 spiro atoms. The molecule has 3 heterocycles. The summed E-state index contributed by atoms with van der Waals surface area (Å²) in [6, 6.07) is 6.17. The maximum Gasteiger partial charge on any atom is 0.223 e. The molecule has 190 valence electrons. The number of aryl methyl sites for hydroxylation is 1. The number of aromatic nitrogens is 5. The molecule has 0 fully saturated rings. The van der Waals surface area contributed by atoms with Gasteiger partial charge in [0.05, 0.1) is 23.1 Å². The Morgan fingerprint density at radius 1 is 1.23 bits per heavy atom. The molecule has 0 aromatic carbocycles. The van der Waals surface area contributed by atoms with Crippen LogP contribution in [-0.2, 0) is 4.79 Å². The highest BCUT2D eigenvalue weighted by atomic mass is 35.5. The fourth-order valence-electron chi connectivity index (χ4n) is 2.14. The van der Waals surface area contributed by atoms with Crippen LogP contribution < -0.4 is 16.4 Å². The van der Waals surface area contributed by atoms with Crippen LogP contribution in [0.4, 0.5) is 23.1 Å². The molecule has 0 saturated heterocycles. The first-order valence-electron chi connectivity index (χ1n) is 10.8. The van der Waals surface area contributed by atoms with E-state index in [4.69, 9.17) is 22.4 Å². The van der Waals surface area contributed by atoms with E-state index in [1.165, 1.54) is 6.92 Å². The van der Waals surface area contributed by atoms with E-state index in [1.54, 1.807) is 32.4 Å². The van der Waals surface area contributed by atoms with Gasteiger partial charge in [-0.05, 0) is 60.0 Å². The van der Waals surface area contributed by atoms with Crippen molar-refractivity contribution in [3.05, 3.63) is 41.6 Å². The number of halogens is 1. The first-order valence-corrected chi connectivity index (χ1v) is 11.2. The minimum Gasteiger partial charge on any atom is -0.389 e. The van der Waals surface area contributed by atoms with Crippen molar-refractivity contribution in [1.82, 2.24) is 29.8 Å². The van der Waals surface area contributed by atoms with Crippen molar-refractivity contribution in [2.24, 2.45) is 0 Å². The number of carbonyl (C=O) groups is 1. The third-order valence-electron chi connectivity index (χ3n) is 4.44. The zero-order valence-corrected chi connectivity index (χ0v) is 21.9. The first-order chi connectivity index (χ1) is 16.5. The molecule has 11 nitrogen and oxygen atoms in total. The molecule has 0 radical (unpaired) electrons. The quantitative estimate of drug-likeness (QED) is 0.366. The zero-order valence-electron chi connectivity index (χ0n) is 21.2. The van der Waals surface area contributed by atoms with E-state index in [-0.39, 0.29) is 18.3 Å². The summed E-state index contributed by atoms with van der Waals surface area (Å²) in [5, 5.41) is 14.4. The van der Waals surface area contributed by atoms with Crippen molar-refractivity contribution >= 4 is 40.5 Å². The van der Waals surface area contributed by atoms with E-state index >= 15 is 0 Å². The van der Waals surface area contributed by atoms with Crippen LogP contribution in [0.2, 0.25) is 5.15 Å². The number of hydrogen-bond acceptors (Lipinski definition) is 11. The molecule has 0 unspecified atom stereocenters. The van der Waals surface area contributed by atoms with E-state index in [9.17, 15) is 4.79 Å². The molecule has 3 rings (SSSR count). The zero-order chi connectivity index (χ0) is 26.5. The number of Topliss-reactive ketones (excluding diaryl/α,β-unsaturated/α-hetero) is 1. The number of nitrogens with zero attached hydrogens (tertiary/aromatic N) is 6. The average molecular weight is 504 g/mol. The van der Waals surface area contributed by atoms with Gasteiger partial charge in [-0.25, -0.2) is 15.0 Å². The van der Waals surface area contributed by atoms with Gasteiger partial charge < -0.3 is 26.4 Å². The number of anilines is 4. The van der Waals surface area contributed by atoms with Gasteiger partial charge in [0, 0.05) is 19.3 Å². The third-order valence-corrected chi connectivity index (χ3v) is 4.74. The van der Waals surface area contributed by atoms with Gasteiger partial charge in [-0.2, -0.15) is 9.97 Å². The van der Waals surface area contributed by atoms with Crippen molar-refractivity contribution in [3.8, 4) is 11.4 Å². The smallest absolute Gasteiger partial charge is 0.223 e. The van der Waals surface area contributed by atoms with Gasteiger partial charge in [0.25, 0.3) is 0 Å². The molecule has 0 bridgehead atoms. The lowest BCUT2D eigenvalue weighted by Gasteiger charge is -2.12. The van der Waals surface area contributed by atoms with E-state index < -0.39 is 0 Å². The standard InChI is InChI=1S/C15H15ClN8.C5H13N.C3H6O2/c1-8-21-14(24-15(17)22-8)10-4-3-5-19-13(10)23-9-6-11(18-2)12(16)20-7-9;1-5(2)6(3)4;1-3(5)2-4/h3-7,18H,1-2H3,(H,19,23)(H2,17,21,22,24);5H,1-4H3;4H,2H2,1H3. The Balaban J connectivity index is 0.000000467. The van der Waals surface area contributed by atoms with Crippen molar-refractivity contribution in [1.29, 1.82) is 0 Å². The van der Waals surface area contributed by atoms with Crippen molar-refractivity contribution in [2.45, 2.75) is 33.7 Å². The van der Waals surface area contributed by atoms with E-state index in [0.29, 0.717) is 39.9 Å². The maximum absolute atomic E-state index is 9.56. The highest BCUT2D eigenvalue weighted by Crippen LogP contribution is 2.28. The minimum absolute atomic E-state index is 0.165. The Kier molecular flexibility index (Phi) is 12.5. The predicted molar refractivity (Wildman–Crippen MR) is 141 cm³/mol. The van der Waals surface area contributed by atoms with Crippen molar-refractivity contribution in [2.75, 3.05) is 44.1 Å². The lowest BCUT2D eigenvalue weighted by molar-refractivity contribution is -0.119. The molecule has 0 aliphatic rings. The average Bonchev–Trinajstić information content (AvgIpc) is 2.80. The first kappa shape index (κ1) is 29.6. The number of aliphatic hydroxyl groups is 1. The summed E-state index contributed by atoms with van der Waals surface area (Å²) >= 11 is 6.00. The number of ketones is 1. The lowest BCUT2D eigenvalue weighted by atomic mass is 10.2. The van der Waals surface area contributed by atoms with E-state index in [2.05, 4.69) is 68.4 Å². The van der Waals surface area contributed by atoms with Gasteiger partial charge in [0.1, 0.15) is 18.2 Å². The number of nitrogens with one attached hydrogen (secondary N) is 2. The van der Waals surface area contributed by atoms with Gasteiger partial charge >= 0.3 is 0 Å². The fraction of sp³-hybridized carbons (Fsp3) is 0.391. The number of hydrogen-bond donors (Lipinski definition) is 4. The van der Waals surface area contributed by atoms with Crippen molar-refractivity contribution < 1.29 is 9.90 Å². The van der Waals surface area contributed by atoms with Crippen LogP contribution >= 0.6 is 11.6 Å². The lowest BCUT2D eigenvalue weighted by Crippen LogP contribution is -2.20. The van der Waals surface area contributed by atoms with Gasteiger partial charge in [0.15, 0.2) is 16.8 Å². The molecule has 3 aromatic heterocycles. The number of pyridine rings is 2. The van der Waals surface area contributed by atoms with Crippen LogP contribution in [-0.4, -0.2) is 74.5 Å². The van der Waals surface area contributed by atoms with Crippen molar-refractivity contribution in [3.63, 3.8) is 0 Å². The predicted octanol–water partition coefficient (Wildman–Crippen LogP) is 3.18. The molecule has 35 heavy (non-hydrogen) atoms. The molecule has 0 amide bonds. The molecule has 0 aliphatic carbocycles. The van der Waals surface area contributed by atoms with Gasteiger partial charge in [-0.1, -0.05) is 11.6 Å². The summed E-state index contributed by atoms with van der Waals surface area (Å²) in [5.74, 6) is 1.54. The Morgan fingerprint density at radius 2 is 1.86 bits per heavy atom. The van der Waals surface area contributed by atoms with Crippen LogP contribution in [0.25, 0.3) is 11.4 Å². The third kappa shape index (κ3) is 10.6. The molecule has 0 aliphatic heterocycles. The minimum atomic E-state index is -0.333. The van der Waals surface area contributed by atoms with Gasteiger partial charge in [-0.15, -0.1) is 0 Å². The SMILES string of the molecule is CC(=O)CO.CC(C)N(C)C.CNc1cc(Nc2ncccc2-c2nc(C)nc(N)n2)cnc1Cl. The number of nitrogen functional groups attached to an aromatic ring is 1. The monoisotopic (exact) mass is 503 g/mol. The number of carbonyl (C=O) groups excluding carboxylic acids is 1. The topological polar surface area (TPSA) is 155 Å². The molecular formula is C23H34ClN9O2. The number of aliphatic hydroxyl groups excluding tert-OH is 1. The van der Waals surface area contributed by atoms with Gasteiger partial charge in [0.2, 0.25) is 5.95 Å². The molecule has 12 heteroatoms. The summed E-state index contributed by atoms with van der Waals surface area (Å²) in [7, 11) is 5.92. The Hall–Kier alpha value is -3.41. The van der Waals surface area contributed by atoms with Crippen LogP contribution in [0, 0.1) is 6.92 Å². The van der Waals surface area contributed by atoms with Crippen LogP contribution in [0.1, 0.15) is 26.6 Å². The second-order valence-electron chi connectivity index (χ2n) is 7.82. The second kappa shape index (κ2) is 14.8. The van der Waals surface area contributed by atoms with E-state index in [1.807, 2.05) is 12.1 Å². The van der Waals surface area contributed by atoms with Gasteiger partial charge in [-0.3, -0.25) is 4.79 Å². The molecule has 0 saturated carbocycles. The van der Waals surface area contributed by atoms with Crippen LogP contribution in [0.5, 0.6) is 0 Å². The molecule has 3 aromatic rings. The molecule has 0 atom stereocenters. The summed E-state index contributed by atoms with van der Waals surface area (Å²) in [5.41, 5.74) is 7.85. The largest absolute Gasteiger partial charge is 0.389 e. The summed E-state index contributed by atoms with van der Waals surface area (Å²) in [6.07, 6.45) is 3.29. The Bertz CT molecular complexity index is 1070. The van der Waals surface area contributed by atoms with E-state index in [0.717, 1.165) is 5.69 Å². The number of rotatable bonds is 6. The number of nitrogens with two attached hydrogens (primary N) is 1. The summed E-state index contributed by atoms with van der Waals surface area (Å²) in [4.78, 5) is 32.7. The fourth-order valence-corrected chi connectivity index (χ4v) is 2.33. The normalized spacial score (nSPS) is 10.1. The Morgan fingerprint density at radius 3 is 2.37 bits per heavy atom. The van der Waals surface area contributed by atoms with Crippen LogP contribution in [0.15, 0.2) is 30.6 Å². The highest BCUT2D eigenvalue weighted by Gasteiger charge is 2.12. The van der Waals surface area contributed by atoms with Crippen LogP contribution in [0.3, 0.4) is 0 Å². The molecule has 5 N–H and O–H groups in total. The summed E-state index contributed by atoms with van der Waals surface area (Å²) in [6.45, 7) is 7.09. The Labute approximate surface area is 211 Å².